The first-order valence-corrected chi connectivity index (χ1v) is 16.8. The summed E-state index contributed by atoms with van der Waals surface area (Å²) in [4.78, 5) is 10.3. The van der Waals surface area contributed by atoms with Gasteiger partial charge >= 0.3 is 13.8 Å². The van der Waals surface area contributed by atoms with Gasteiger partial charge in [0.05, 0.1) is 43.2 Å². The highest BCUT2D eigenvalue weighted by molar-refractivity contribution is 7.53. The summed E-state index contributed by atoms with van der Waals surface area (Å²) in [7, 11) is 1.74. The molecule has 0 spiro atoms. The maximum atomic E-state index is 14.2. The number of benzene rings is 2. The molecule has 3 N–H and O–H groups in total. The number of anilines is 4. The molecule has 3 heterocycles. The Hall–Kier alpha value is -4.10. The van der Waals surface area contributed by atoms with Gasteiger partial charge in [0.25, 0.3) is 0 Å². The van der Waals surface area contributed by atoms with Gasteiger partial charge < -0.3 is 39.0 Å². The molecule has 0 radical (unpaired) electrons. The maximum absolute atomic E-state index is 14.2. The molecule has 15 heteroatoms. The summed E-state index contributed by atoms with van der Waals surface area (Å²) in [6.07, 6.45) is 0.612. The lowest BCUT2D eigenvalue weighted by Gasteiger charge is -2.23. The van der Waals surface area contributed by atoms with Crippen molar-refractivity contribution >= 4 is 47.1 Å². The minimum Gasteiger partial charge on any atom is -0.495 e. The molecule has 0 fully saturated rings. The summed E-state index contributed by atoms with van der Waals surface area (Å²) >= 11 is 0. The average molecular weight is 675 g/mol. The topological polar surface area (TPSA) is 123 Å². The van der Waals surface area contributed by atoms with Crippen LogP contribution in [-0.4, -0.2) is 65.0 Å². The van der Waals surface area contributed by atoms with Crippen molar-refractivity contribution in [3.8, 4) is 11.6 Å². The van der Waals surface area contributed by atoms with Crippen molar-refractivity contribution in [1.29, 1.82) is 0 Å². The molecule has 4 aromatic rings. The van der Waals surface area contributed by atoms with Gasteiger partial charge in [0.2, 0.25) is 11.8 Å². The minimum absolute atomic E-state index is 0.00406. The van der Waals surface area contributed by atoms with E-state index in [9.17, 15) is 22.8 Å². The second-order valence-electron chi connectivity index (χ2n) is 11.1. The zero-order chi connectivity index (χ0) is 33.9. The van der Waals surface area contributed by atoms with Gasteiger partial charge in [-0.25, -0.2) is 4.98 Å². The third-order valence-electron chi connectivity index (χ3n) is 7.77. The number of nitrogens with one attached hydrogen (secondary N) is 2. The van der Waals surface area contributed by atoms with Gasteiger partial charge in [-0.3, -0.25) is 4.57 Å². The van der Waals surface area contributed by atoms with Crippen LogP contribution in [0.2, 0.25) is 0 Å². The molecule has 0 unspecified atom stereocenters. The van der Waals surface area contributed by atoms with E-state index in [1.54, 1.807) is 51.4 Å². The second-order valence-corrected chi connectivity index (χ2v) is 13.2. The first kappa shape index (κ1) is 34.2. The van der Waals surface area contributed by atoms with Crippen LogP contribution in [0.1, 0.15) is 37.0 Å². The Labute approximate surface area is 270 Å². The van der Waals surface area contributed by atoms with E-state index < -0.39 is 25.2 Å². The van der Waals surface area contributed by atoms with Crippen molar-refractivity contribution in [3.63, 3.8) is 0 Å². The van der Waals surface area contributed by atoms with Crippen molar-refractivity contribution < 1.29 is 36.6 Å². The van der Waals surface area contributed by atoms with Crippen LogP contribution in [0.3, 0.4) is 0 Å². The first-order valence-electron chi connectivity index (χ1n) is 15.1. The molecule has 0 saturated carbocycles. The molecule has 0 atom stereocenters. The zero-order valence-corrected chi connectivity index (χ0v) is 27.7. The van der Waals surface area contributed by atoms with E-state index in [1.165, 1.54) is 11.7 Å². The number of aryl methyl sites for hydroxylation is 1. The maximum Gasteiger partial charge on any atom is 0.421 e. The number of methoxy groups -OCH3 is 1. The Morgan fingerprint density at radius 3 is 2.43 bits per heavy atom. The second kappa shape index (κ2) is 13.9. The normalized spacial score (nSPS) is 14.3. The molecular formula is C32H38F3N6O5P. The van der Waals surface area contributed by atoms with Gasteiger partial charge in [0.1, 0.15) is 17.1 Å². The predicted molar refractivity (Wildman–Crippen MR) is 176 cm³/mol. The van der Waals surface area contributed by atoms with Crippen LogP contribution in [0.5, 0.6) is 11.6 Å². The Bertz CT molecular complexity index is 1830. The quantitative estimate of drug-likeness (QED) is 0.129. The summed E-state index contributed by atoms with van der Waals surface area (Å²) in [6.45, 7) is 5.51. The summed E-state index contributed by atoms with van der Waals surface area (Å²) in [5.41, 5.74) is 2.15. The Balaban J connectivity index is 1.49. The number of aromatic hydroxyl groups is 1. The average Bonchev–Trinajstić information content (AvgIpc) is 3.32. The van der Waals surface area contributed by atoms with Crippen LogP contribution in [-0.2, 0) is 33.0 Å². The van der Waals surface area contributed by atoms with Gasteiger partial charge in [-0.15, -0.1) is 0 Å². The summed E-state index contributed by atoms with van der Waals surface area (Å²) in [5.74, 6) is -0.421. The third kappa shape index (κ3) is 7.57. The number of hydrogen-bond acceptors (Lipinski definition) is 10. The van der Waals surface area contributed by atoms with Gasteiger partial charge in [-0.2, -0.15) is 18.2 Å². The van der Waals surface area contributed by atoms with E-state index in [0.717, 1.165) is 30.6 Å². The number of hydrogen-bond donors (Lipinski definition) is 3. The van der Waals surface area contributed by atoms with Crippen molar-refractivity contribution in [2.45, 2.75) is 32.6 Å². The molecule has 1 aliphatic rings. The van der Waals surface area contributed by atoms with Gasteiger partial charge in [-0.05, 0) is 62.2 Å². The molecule has 0 bridgehead atoms. The predicted octanol–water partition coefficient (Wildman–Crippen LogP) is 7.67. The van der Waals surface area contributed by atoms with Crippen LogP contribution in [0, 0.1) is 0 Å². The first-order chi connectivity index (χ1) is 22.4. The van der Waals surface area contributed by atoms with E-state index in [0.29, 0.717) is 34.0 Å². The summed E-state index contributed by atoms with van der Waals surface area (Å²) in [6, 6.07) is 8.42. The Kier molecular flexibility index (Phi) is 10.2. The minimum atomic E-state index is -4.77. The summed E-state index contributed by atoms with van der Waals surface area (Å²) in [5, 5.41) is 17.8. The highest BCUT2D eigenvalue weighted by atomic mass is 31.2. The number of fused-ring (bicyclic) bond motifs is 1. The number of aromatic nitrogens is 3. The van der Waals surface area contributed by atoms with E-state index in [4.69, 9.17) is 13.8 Å². The van der Waals surface area contributed by atoms with E-state index in [1.807, 2.05) is 13.1 Å². The number of nitrogens with zero attached hydrogens (tertiary/aromatic N) is 4. The monoisotopic (exact) mass is 674 g/mol. The molecule has 47 heavy (non-hydrogen) atoms. The molecular weight excluding hydrogens is 636 g/mol. The molecule has 1 aliphatic heterocycles. The van der Waals surface area contributed by atoms with Crippen molar-refractivity contribution in [2.24, 2.45) is 7.05 Å². The van der Waals surface area contributed by atoms with Gasteiger partial charge in [-0.1, -0.05) is 18.2 Å². The van der Waals surface area contributed by atoms with Gasteiger partial charge in [0.15, 0.2) is 0 Å². The van der Waals surface area contributed by atoms with Crippen LogP contribution in [0.15, 0.2) is 48.8 Å². The fourth-order valence-electron chi connectivity index (χ4n) is 5.50. The number of likely N-dealkylation sites (N-methyl/N-ethyl adjacent to an activating group) is 1. The van der Waals surface area contributed by atoms with Crippen LogP contribution in [0.4, 0.5) is 36.3 Å². The number of alkyl halides is 3. The molecule has 0 saturated heterocycles. The Morgan fingerprint density at radius 2 is 1.79 bits per heavy atom. The molecule has 0 amide bonds. The molecule has 2 aromatic heterocycles. The van der Waals surface area contributed by atoms with Crippen LogP contribution in [0.25, 0.3) is 16.3 Å². The Morgan fingerprint density at radius 1 is 1.06 bits per heavy atom. The molecule has 2 aromatic carbocycles. The highest BCUT2D eigenvalue weighted by Crippen LogP contribution is 2.52. The van der Waals surface area contributed by atoms with Crippen LogP contribution >= 0.6 is 7.60 Å². The molecule has 11 nitrogen and oxygen atoms in total. The number of ether oxygens (including phenoxy) is 1. The lowest BCUT2D eigenvalue weighted by molar-refractivity contribution is -0.137. The largest absolute Gasteiger partial charge is 0.495 e. The lowest BCUT2D eigenvalue weighted by atomic mass is 9.95. The fraction of sp³-hybridized carbons (Fsp3) is 0.375. The standard InChI is InChI=1S/C32H38F3N6O5P/c1-6-45-47(43,46-7-2)19-20-8-10-25(27(16-20)44-5)38-31-36-17-24(32(33,34)35)29(39-31)37-26-11-9-22(21-12-14-40(3)15-13-21)23-18-41(4)30(42)28(23)26/h8-12,16-18,42H,6-7,13-15,19H2,1-5H3,(H2,36,37,38,39). The summed E-state index contributed by atoms with van der Waals surface area (Å²) < 4.78 is 73.4. The number of rotatable bonds is 12. The highest BCUT2D eigenvalue weighted by Gasteiger charge is 2.36. The van der Waals surface area contributed by atoms with Crippen molar-refractivity contribution in [2.75, 3.05) is 51.1 Å². The van der Waals surface area contributed by atoms with Crippen molar-refractivity contribution in [3.05, 3.63) is 65.5 Å². The van der Waals surface area contributed by atoms with E-state index in [2.05, 4.69) is 31.6 Å². The molecule has 0 aliphatic carbocycles. The van der Waals surface area contributed by atoms with Crippen LogP contribution < -0.4 is 15.4 Å². The smallest absolute Gasteiger partial charge is 0.421 e. The number of halogens is 3. The molecule has 5 rings (SSSR count). The van der Waals surface area contributed by atoms with E-state index in [-0.39, 0.29) is 36.9 Å². The third-order valence-corrected chi connectivity index (χ3v) is 9.83. The van der Waals surface area contributed by atoms with Gasteiger partial charge in [0, 0.05) is 37.9 Å². The SMILES string of the molecule is CCOP(=O)(Cc1ccc(Nc2ncc(C(F)(F)F)c(Nc3ccc(C4=CCN(C)CC4)c4cn(C)c(O)c34)n2)c(OC)c1)OCC. The fourth-order valence-corrected chi connectivity index (χ4v) is 7.19. The molecule has 252 valence electrons. The van der Waals surface area contributed by atoms with Crippen molar-refractivity contribution in [1.82, 2.24) is 19.4 Å². The van der Waals surface area contributed by atoms with E-state index >= 15 is 0 Å². The lowest BCUT2D eigenvalue weighted by Crippen LogP contribution is -2.23. The zero-order valence-electron chi connectivity index (χ0n) is 26.8.